The molecular formula is C74H122O6. The van der Waals surface area contributed by atoms with Gasteiger partial charge in [-0.25, -0.2) is 0 Å². The lowest BCUT2D eigenvalue weighted by molar-refractivity contribution is -0.166. The van der Waals surface area contributed by atoms with Crippen molar-refractivity contribution >= 4 is 17.9 Å². The topological polar surface area (TPSA) is 78.9 Å². The molecule has 454 valence electrons. The zero-order valence-corrected chi connectivity index (χ0v) is 52.0. The molecule has 0 heterocycles. The molecule has 0 aromatic carbocycles. The third-order valence-electron chi connectivity index (χ3n) is 13.9. The molecule has 0 bridgehead atoms. The third kappa shape index (κ3) is 64.4. The van der Waals surface area contributed by atoms with Crippen LogP contribution in [-0.4, -0.2) is 37.2 Å². The van der Waals surface area contributed by atoms with Crippen molar-refractivity contribution in [3.05, 3.63) is 134 Å². The van der Waals surface area contributed by atoms with Crippen molar-refractivity contribution in [1.29, 1.82) is 0 Å². The van der Waals surface area contributed by atoms with E-state index in [0.29, 0.717) is 19.3 Å². The molecule has 6 heteroatoms. The van der Waals surface area contributed by atoms with Gasteiger partial charge in [-0.1, -0.05) is 289 Å². The molecule has 0 aromatic heterocycles. The van der Waals surface area contributed by atoms with Gasteiger partial charge in [0, 0.05) is 19.3 Å². The van der Waals surface area contributed by atoms with E-state index < -0.39 is 12.1 Å². The van der Waals surface area contributed by atoms with Crippen molar-refractivity contribution in [3.8, 4) is 0 Å². The van der Waals surface area contributed by atoms with E-state index in [-0.39, 0.29) is 31.6 Å². The summed E-state index contributed by atoms with van der Waals surface area (Å²) in [4.78, 5) is 38.3. The Kier molecular flexibility index (Phi) is 63.3. The fraction of sp³-hybridized carbons (Fsp3) is 0.662. The summed E-state index contributed by atoms with van der Waals surface area (Å²) in [6.07, 6.45) is 94.8. The molecule has 1 atom stereocenters. The van der Waals surface area contributed by atoms with E-state index in [1.54, 1.807) is 0 Å². The summed E-state index contributed by atoms with van der Waals surface area (Å²) in [5.41, 5.74) is 0. The predicted octanol–water partition coefficient (Wildman–Crippen LogP) is 22.9. The largest absolute Gasteiger partial charge is 0.462 e. The van der Waals surface area contributed by atoms with Crippen molar-refractivity contribution in [2.75, 3.05) is 13.2 Å². The highest BCUT2D eigenvalue weighted by atomic mass is 16.6. The van der Waals surface area contributed by atoms with E-state index in [0.717, 1.165) is 116 Å². The summed E-state index contributed by atoms with van der Waals surface area (Å²) in [5.74, 6) is -1.01. The number of carbonyl (C=O) groups is 3. The van der Waals surface area contributed by atoms with Crippen LogP contribution in [0.1, 0.15) is 297 Å². The van der Waals surface area contributed by atoms with Crippen molar-refractivity contribution in [2.45, 2.75) is 303 Å². The number of hydrogen-bond acceptors (Lipinski definition) is 6. The number of rotatable bonds is 59. The van der Waals surface area contributed by atoms with Gasteiger partial charge in [-0.05, 0) is 122 Å². The Balaban J connectivity index is 4.38. The van der Waals surface area contributed by atoms with E-state index in [2.05, 4.69) is 148 Å². The molecule has 0 aliphatic rings. The summed E-state index contributed by atoms with van der Waals surface area (Å²) >= 11 is 0. The van der Waals surface area contributed by atoms with Gasteiger partial charge < -0.3 is 14.2 Å². The predicted molar refractivity (Wildman–Crippen MR) is 348 cm³/mol. The minimum absolute atomic E-state index is 0.116. The average molecular weight is 1110 g/mol. The van der Waals surface area contributed by atoms with E-state index >= 15 is 0 Å². The molecule has 0 fully saturated rings. The molecule has 0 aromatic rings. The van der Waals surface area contributed by atoms with Crippen molar-refractivity contribution < 1.29 is 28.6 Å². The molecule has 6 nitrogen and oxygen atoms in total. The van der Waals surface area contributed by atoms with Crippen LogP contribution in [0.15, 0.2) is 134 Å². The first-order valence-electron chi connectivity index (χ1n) is 33.2. The van der Waals surface area contributed by atoms with Crippen molar-refractivity contribution in [2.24, 2.45) is 0 Å². The van der Waals surface area contributed by atoms with E-state index in [1.807, 2.05) is 6.08 Å². The van der Waals surface area contributed by atoms with Crippen molar-refractivity contribution in [1.82, 2.24) is 0 Å². The molecule has 80 heavy (non-hydrogen) atoms. The van der Waals surface area contributed by atoms with Gasteiger partial charge in [-0.15, -0.1) is 0 Å². The maximum atomic E-state index is 12.9. The standard InChI is InChI=1S/C74H122O6/c1-4-7-10-13-16-19-22-25-28-30-32-33-34-35-36-37-38-39-40-41-43-44-46-49-52-55-58-61-64-67-73(76)79-70-71(69-78-72(75)66-63-60-57-54-51-48-27-24-21-18-15-12-9-6-3)80-74(77)68-65-62-59-56-53-50-47-45-42-31-29-26-23-20-17-14-11-8-5-2/h8,11,15,17-18,20,22,24-27,29-30,32,34-35,42,45,50,53,59,62,71H,4-7,9-10,12-14,16,19,21,23,28,31,33,36-41,43-44,46-49,51-52,54-58,60-61,63-70H2,1-3H3/b11-8-,18-15-,20-17-,25-22-,27-24-,29-26-,32-30-,35-34-,45-42-,53-50-,62-59-. The fourth-order valence-corrected chi connectivity index (χ4v) is 8.90. The Morgan fingerprint density at radius 3 is 0.850 bits per heavy atom. The van der Waals surface area contributed by atoms with Gasteiger partial charge in [-0.2, -0.15) is 0 Å². The Labute approximate surface area is 494 Å². The first-order valence-corrected chi connectivity index (χ1v) is 33.2. The van der Waals surface area contributed by atoms with Gasteiger partial charge in [0.15, 0.2) is 6.10 Å². The zero-order chi connectivity index (χ0) is 57.8. The van der Waals surface area contributed by atoms with Crippen LogP contribution in [0.25, 0.3) is 0 Å². The fourth-order valence-electron chi connectivity index (χ4n) is 8.90. The molecule has 0 radical (unpaired) electrons. The monoisotopic (exact) mass is 1110 g/mol. The van der Waals surface area contributed by atoms with Gasteiger partial charge >= 0.3 is 17.9 Å². The average Bonchev–Trinajstić information content (AvgIpc) is 3.46. The summed E-state index contributed by atoms with van der Waals surface area (Å²) in [5, 5.41) is 0. The number of esters is 3. The highest BCUT2D eigenvalue weighted by Crippen LogP contribution is 2.16. The van der Waals surface area contributed by atoms with Gasteiger partial charge in [0.2, 0.25) is 0 Å². The molecule has 0 spiro atoms. The van der Waals surface area contributed by atoms with Crippen molar-refractivity contribution in [3.63, 3.8) is 0 Å². The number of allylic oxidation sites excluding steroid dienone is 22. The summed E-state index contributed by atoms with van der Waals surface area (Å²) in [7, 11) is 0. The van der Waals surface area contributed by atoms with E-state index in [1.165, 1.54) is 135 Å². The molecule has 0 rings (SSSR count). The van der Waals surface area contributed by atoms with Crippen LogP contribution < -0.4 is 0 Å². The van der Waals surface area contributed by atoms with Crippen LogP contribution in [-0.2, 0) is 28.6 Å². The van der Waals surface area contributed by atoms with E-state index in [9.17, 15) is 14.4 Å². The quantitative estimate of drug-likeness (QED) is 0.0261. The summed E-state index contributed by atoms with van der Waals surface area (Å²) in [6, 6.07) is 0. The molecule has 1 unspecified atom stereocenters. The first-order chi connectivity index (χ1) is 39.5. The molecule has 0 amide bonds. The second-order valence-electron chi connectivity index (χ2n) is 21.6. The number of carbonyl (C=O) groups excluding carboxylic acids is 3. The summed E-state index contributed by atoms with van der Waals surface area (Å²) in [6.45, 7) is 6.41. The lowest BCUT2D eigenvalue weighted by atomic mass is 10.0. The van der Waals surface area contributed by atoms with Gasteiger partial charge in [0.25, 0.3) is 0 Å². The highest BCUT2D eigenvalue weighted by molar-refractivity contribution is 5.71. The Morgan fingerprint density at radius 2 is 0.525 bits per heavy atom. The lowest BCUT2D eigenvalue weighted by Gasteiger charge is -2.18. The molecule has 0 saturated carbocycles. The minimum Gasteiger partial charge on any atom is -0.462 e. The molecule has 0 saturated heterocycles. The third-order valence-corrected chi connectivity index (χ3v) is 13.9. The number of ether oxygens (including phenoxy) is 3. The van der Waals surface area contributed by atoms with Crippen LogP contribution in [0.2, 0.25) is 0 Å². The Hall–Kier alpha value is -4.45. The van der Waals surface area contributed by atoms with Crippen LogP contribution in [0.5, 0.6) is 0 Å². The maximum Gasteiger partial charge on any atom is 0.306 e. The Bertz CT molecular complexity index is 1700. The second-order valence-corrected chi connectivity index (χ2v) is 21.6. The van der Waals surface area contributed by atoms with E-state index in [4.69, 9.17) is 14.2 Å². The van der Waals surface area contributed by atoms with Crippen LogP contribution in [0.4, 0.5) is 0 Å². The first kappa shape index (κ1) is 75.5. The molecule has 0 aliphatic heterocycles. The highest BCUT2D eigenvalue weighted by Gasteiger charge is 2.19. The van der Waals surface area contributed by atoms with Crippen LogP contribution in [0.3, 0.4) is 0 Å². The lowest BCUT2D eigenvalue weighted by Crippen LogP contribution is -2.30. The summed E-state index contributed by atoms with van der Waals surface area (Å²) < 4.78 is 16.8. The van der Waals surface area contributed by atoms with Crippen LogP contribution in [0, 0.1) is 0 Å². The molecular weight excluding hydrogens is 985 g/mol. The maximum absolute atomic E-state index is 12.9. The van der Waals surface area contributed by atoms with Gasteiger partial charge in [0.05, 0.1) is 0 Å². The minimum atomic E-state index is -0.830. The normalized spacial score (nSPS) is 13.0. The van der Waals surface area contributed by atoms with Gasteiger partial charge in [0.1, 0.15) is 13.2 Å². The number of unbranched alkanes of at least 4 members (excludes halogenated alkanes) is 26. The van der Waals surface area contributed by atoms with Crippen LogP contribution >= 0.6 is 0 Å². The number of hydrogen-bond donors (Lipinski definition) is 0. The Morgan fingerprint density at radius 1 is 0.263 bits per heavy atom. The smallest absolute Gasteiger partial charge is 0.306 e. The van der Waals surface area contributed by atoms with Gasteiger partial charge in [-0.3, -0.25) is 14.4 Å². The zero-order valence-electron chi connectivity index (χ0n) is 52.0. The second kappa shape index (κ2) is 67.1. The SMILES string of the molecule is CC/C=C\C/C=C\C/C=C\C/C=C\C/C=C\C/C=C\CCC(=O)OC(COC(=O)CCCCCCC/C=C\C/C=C\CCCC)COC(=O)CCCCCCCCCCCCCCCC/C=C\C/C=C\C/C=C\CCCCCCC. The molecule has 0 aliphatic carbocycles. The molecule has 0 N–H and O–H groups in total.